The first kappa shape index (κ1) is 15.9. The number of halogens is 1. The molecule has 1 aromatic carbocycles. The van der Waals surface area contributed by atoms with Gasteiger partial charge in [-0.3, -0.25) is 9.69 Å². The smallest absolute Gasteiger partial charge is 0.234 e. The van der Waals surface area contributed by atoms with Gasteiger partial charge in [-0.15, -0.1) is 0 Å². The van der Waals surface area contributed by atoms with E-state index in [4.69, 9.17) is 0 Å². The summed E-state index contributed by atoms with van der Waals surface area (Å²) in [6.07, 6.45) is 2.24. The van der Waals surface area contributed by atoms with Gasteiger partial charge in [0.2, 0.25) is 5.91 Å². The van der Waals surface area contributed by atoms with Crippen LogP contribution in [0.15, 0.2) is 24.3 Å². The number of benzene rings is 1. The van der Waals surface area contributed by atoms with E-state index in [9.17, 15) is 14.3 Å². The highest BCUT2D eigenvalue weighted by Crippen LogP contribution is 2.27. The number of nitrogens with one attached hydrogen (secondary N) is 1. The van der Waals surface area contributed by atoms with Crippen molar-refractivity contribution in [3.63, 3.8) is 0 Å². The van der Waals surface area contributed by atoms with E-state index < -0.39 is 0 Å². The molecule has 1 fully saturated rings. The van der Waals surface area contributed by atoms with Crippen molar-refractivity contribution in [2.24, 2.45) is 5.92 Å². The number of nitrogens with zero attached hydrogens (tertiary/aromatic N) is 1. The van der Waals surface area contributed by atoms with Gasteiger partial charge < -0.3 is 10.4 Å². The Bertz CT molecular complexity index is 458. The lowest BCUT2D eigenvalue weighted by Crippen LogP contribution is -2.41. The fourth-order valence-corrected chi connectivity index (χ4v) is 2.65. The van der Waals surface area contributed by atoms with Gasteiger partial charge in [-0.25, -0.2) is 4.39 Å². The molecule has 0 aromatic heterocycles. The fourth-order valence-electron chi connectivity index (χ4n) is 2.65. The van der Waals surface area contributed by atoms with E-state index in [1.165, 1.54) is 12.1 Å². The Kier molecular flexibility index (Phi) is 5.70. The van der Waals surface area contributed by atoms with Crippen LogP contribution in [0.4, 0.5) is 4.39 Å². The summed E-state index contributed by atoms with van der Waals surface area (Å²) in [5.41, 5.74) is 1.01. The third-order valence-electron chi connectivity index (χ3n) is 3.84. The molecule has 2 N–H and O–H groups in total. The van der Waals surface area contributed by atoms with Crippen molar-refractivity contribution in [3.8, 4) is 0 Å². The van der Waals surface area contributed by atoms with E-state index in [0.29, 0.717) is 25.4 Å². The predicted octanol–water partition coefficient (Wildman–Crippen LogP) is 1.19. The topological polar surface area (TPSA) is 52.6 Å². The van der Waals surface area contributed by atoms with Gasteiger partial charge in [0.1, 0.15) is 5.82 Å². The van der Waals surface area contributed by atoms with Crippen molar-refractivity contribution in [1.29, 1.82) is 0 Å². The van der Waals surface area contributed by atoms with Crippen LogP contribution in [0.25, 0.3) is 0 Å². The van der Waals surface area contributed by atoms with E-state index in [2.05, 4.69) is 5.32 Å². The summed E-state index contributed by atoms with van der Waals surface area (Å²) in [5, 5.41) is 12.1. The summed E-state index contributed by atoms with van der Waals surface area (Å²) in [4.78, 5) is 13.8. The molecule has 4 nitrogen and oxygen atoms in total. The summed E-state index contributed by atoms with van der Waals surface area (Å²) in [6.45, 7) is 1.78. The van der Waals surface area contributed by atoms with Crippen LogP contribution in [0.1, 0.15) is 18.4 Å². The number of aliphatic hydroxyl groups is 1. The van der Waals surface area contributed by atoms with Gasteiger partial charge in [-0.05, 0) is 49.9 Å². The van der Waals surface area contributed by atoms with Crippen LogP contribution in [0, 0.1) is 11.7 Å². The molecule has 0 spiro atoms. The van der Waals surface area contributed by atoms with E-state index in [-0.39, 0.29) is 17.8 Å². The van der Waals surface area contributed by atoms with E-state index in [1.54, 1.807) is 12.1 Å². The second-order valence-corrected chi connectivity index (χ2v) is 5.91. The zero-order valence-corrected chi connectivity index (χ0v) is 12.4. The van der Waals surface area contributed by atoms with Crippen molar-refractivity contribution in [3.05, 3.63) is 35.6 Å². The van der Waals surface area contributed by atoms with Crippen molar-refractivity contribution in [1.82, 2.24) is 10.2 Å². The fraction of sp³-hybridized carbons (Fsp3) is 0.562. The molecular weight excluding hydrogens is 271 g/mol. The molecule has 5 heteroatoms. The zero-order chi connectivity index (χ0) is 15.2. The van der Waals surface area contributed by atoms with Crippen LogP contribution in [0.2, 0.25) is 0 Å². The van der Waals surface area contributed by atoms with Gasteiger partial charge in [-0.2, -0.15) is 0 Å². The molecule has 2 rings (SSSR count). The summed E-state index contributed by atoms with van der Waals surface area (Å²) in [5.74, 6) is 0.266. The minimum absolute atomic E-state index is 0.000478. The molecule has 0 radical (unpaired) electrons. The number of carbonyl (C=O) groups is 1. The molecule has 0 bridgehead atoms. The molecule has 0 atom stereocenters. The van der Waals surface area contributed by atoms with Crippen LogP contribution < -0.4 is 5.32 Å². The molecule has 1 aliphatic rings. The maximum absolute atomic E-state index is 12.8. The Morgan fingerprint density at radius 1 is 1.38 bits per heavy atom. The number of hydrogen-bond donors (Lipinski definition) is 2. The van der Waals surface area contributed by atoms with Crippen molar-refractivity contribution in [2.75, 3.05) is 26.7 Å². The highest BCUT2D eigenvalue weighted by atomic mass is 19.1. The van der Waals surface area contributed by atoms with Gasteiger partial charge >= 0.3 is 0 Å². The molecule has 0 unspecified atom stereocenters. The molecule has 1 aromatic rings. The highest BCUT2D eigenvalue weighted by Gasteiger charge is 2.28. The molecule has 0 heterocycles. The summed E-state index contributed by atoms with van der Waals surface area (Å²) in [6, 6.07) is 6.32. The Hall–Kier alpha value is -1.46. The van der Waals surface area contributed by atoms with Crippen LogP contribution >= 0.6 is 0 Å². The third kappa shape index (κ3) is 5.44. The lowest BCUT2D eigenvalue weighted by Gasteiger charge is -2.34. The molecule has 21 heavy (non-hydrogen) atoms. The van der Waals surface area contributed by atoms with Crippen LogP contribution in [-0.2, 0) is 11.2 Å². The third-order valence-corrected chi connectivity index (χ3v) is 3.84. The van der Waals surface area contributed by atoms with Crippen molar-refractivity contribution in [2.45, 2.75) is 25.4 Å². The quantitative estimate of drug-likeness (QED) is 0.794. The maximum Gasteiger partial charge on any atom is 0.234 e. The first-order valence-electron chi connectivity index (χ1n) is 7.40. The second kappa shape index (κ2) is 7.52. The standard InChI is InChI=1S/C16H23FN2O2/c1-19(10-13-8-15(20)9-13)11-16(21)18-7-6-12-2-4-14(17)5-3-12/h2-5,13,15,20H,6-11H2,1H3,(H,18,21). The highest BCUT2D eigenvalue weighted by molar-refractivity contribution is 5.77. The predicted molar refractivity (Wildman–Crippen MR) is 79.3 cm³/mol. The van der Waals surface area contributed by atoms with Gasteiger partial charge in [0.25, 0.3) is 0 Å². The summed E-state index contributed by atoms with van der Waals surface area (Å²) in [7, 11) is 1.92. The molecule has 0 aliphatic heterocycles. The second-order valence-electron chi connectivity index (χ2n) is 5.91. The number of likely N-dealkylation sites (N-methyl/N-ethyl adjacent to an activating group) is 1. The van der Waals surface area contributed by atoms with E-state index >= 15 is 0 Å². The molecule has 116 valence electrons. The summed E-state index contributed by atoms with van der Waals surface area (Å²) < 4.78 is 12.8. The zero-order valence-electron chi connectivity index (χ0n) is 12.4. The van der Waals surface area contributed by atoms with Crippen LogP contribution in [-0.4, -0.2) is 48.7 Å². The Morgan fingerprint density at radius 3 is 2.67 bits per heavy atom. The van der Waals surface area contributed by atoms with E-state index in [0.717, 1.165) is 24.9 Å². The number of aliphatic hydroxyl groups excluding tert-OH is 1. The SMILES string of the molecule is CN(CC(=O)NCCc1ccc(F)cc1)CC1CC(O)C1. The minimum atomic E-state index is -0.245. The first-order chi connectivity index (χ1) is 10.0. The van der Waals surface area contributed by atoms with Crippen molar-refractivity contribution >= 4 is 5.91 Å². The molecule has 1 saturated carbocycles. The lowest BCUT2D eigenvalue weighted by molar-refractivity contribution is -0.122. The minimum Gasteiger partial charge on any atom is -0.393 e. The number of rotatable bonds is 7. The Morgan fingerprint density at radius 2 is 2.05 bits per heavy atom. The first-order valence-corrected chi connectivity index (χ1v) is 7.40. The van der Waals surface area contributed by atoms with Crippen LogP contribution in [0.5, 0.6) is 0 Å². The van der Waals surface area contributed by atoms with Crippen LogP contribution in [0.3, 0.4) is 0 Å². The molecule has 1 amide bonds. The molecular formula is C16H23FN2O2. The average molecular weight is 294 g/mol. The largest absolute Gasteiger partial charge is 0.393 e. The molecule has 1 aliphatic carbocycles. The molecule has 0 saturated heterocycles. The van der Waals surface area contributed by atoms with Gasteiger partial charge in [-0.1, -0.05) is 12.1 Å². The van der Waals surface area contributed by atoms with Gasteiger partial charge in [0.05, 0.1) is 12.6 Å². The summed E-state index contributed by atoms with van der Waals surface area (Å²) >= 11 is 0. The van der Waals surface area contributed by atoms with E-state index in [1.807, 2.05) is 11.9 Å². The number of carbonyl (C=O) groups excluding carboxylic acids is 1. The van der Waals surface area contributed by atoms with Crippen molar-refractivity contribution < 1.29 is 14.3 Å². The average Bonchev–Trinajstić information content (AvgIpc) is 2.39. The number of amides is 1. The van der Waals surface area contributed by atoms with Gasteiger partial charge in [0.15, 0.2) is 0 Å². The number of hydrogen-bond acceptors (Lipinski definition) is 3. The lowest BCUT2D eigenvalue weighted by atomic mass is 9.82. The normalized spacial score (nSPS) is 21.1. The maximum atomic E-state index is 12.8. The monoisotopic (exact) mass is 294 g/mol. The Labute approximate surface area is 125 Å². The van der Waals surface area contributed by atoms with Gasteiger partial charge in [0, 0.05) is 13.1 Å². The Balaban J connectivity index is 1.59.